The van der Waals surface area contributed by atoms with E-state index < -0.39 is 0 Å². The Kier molecular flexibility index (Phi) is 6.33. The second-order valence-corrected chi connectivity index (χ2v) is 4.89. The van der Waals surface area contributed by atoms with Crippen molar-refractivity contribution >= 4 is 17.4 Å². The van der Waals surface area contributed by atoms with Crippen molar-refractivity contribution in [2.45, 2.75) is 53.0 Å². The molecule has 0 saturated heterocycles. The van der Waals surface area contributed by atoms with Crippen molar-refractivity contribution < 1.29 is 4.79 Å². The van der Waals surface area contributed by atoms with Crippen LogP contribution in [0.15, 0.2) is 18.3 Å². The van der Waals surface area contributed by atoms with E-state index in [2.05, 4.69) is 29.5 Å². The summed E-state index contributed by atoms with van der Waals surface area (Å²) in [4.78, 5) is 16.2. The van der Waals surface area contributed by atoms with Gasteiger partial charge in [-0.15, -0.1) is 0 Å². The highest BCUT2D eigenvalue weighted by Crippen LogP contribution is 2.14. The molecule has 1 aromatic heterocycles. The second kappa shape index (κ2) is 7.77. The summed E-state index contributed by atoms with van der Waals surface area (Å²) in [7, 11) is 0. The zero-order valence-electron chi connectivity index (χ0n) is 12.4. The monoisotopic (exact) mass is 263 g/mol. The van der Waals surface area contributed by atoms with Gasteiger partial charge in [0.1, 0.15) is 5.82 Å². The number of rotatable bonds is 7. The van der Waals surface area contributed by atoms with Gasteiger partial charge in [0, 0.05) is 12.0 Å². The largest absolute Gasteiger partial charge is 0.381 e. The fourth-order valence-electron chi connectivity index (χ4n) is 1.83. The van der Waals surface area contributed by atoms with Crippen LogP contribution in [0.2, 0.25) is 0 Å². The van der Waals surface area contributed by atoms with Crippen molar-refractivity contribution in [2.75, 3.05) is 10.6 Å². The standard InChI is InChI=1S/C15H25N3O/c1-5-11(4)17-13-8-9-14(16-10-13)18-15(19)12(6-2)7-3/h8-12,17H,5-7H2,1-4H3,(H,16,18,19). The molecule has 1 aromatic rings. The molecule has 0 spiro atoms. The minimum Gasteiger partial charge on any atom is -0.381 e. The molecule has 1 atom stereocenters. The fraction of sp³-hybridized carbons (Fsp3) is 0.600. The average Bonchev–Trinajstić information content (AvgIpc) is 2.42. The molecule has 0 fully saturated rings. The maximum Gasteiger partial charge on any atom is 0.228 e. The number of aromatic nitrogens is 1. The third-order valence-electron chi connectivity index (χ3n) is 3.40. The molecule has 0 saturated carbocycles. The van der Waals surface area contributed by atoms with E-state index in [0.717, 1.165) is 24.9 Å². The lowest BCUT2D eigenvalue weighted by Gasteiger charge is -2.14. The normalized spacial score (nSPS) is 12.3. The smallest absolute Gasteiger partial charge is 0.228 e. The van der Waals surface area contributed by atoms with E-state index in [1.807, 2.05) is 26.0 Å². The number of anilines is 2. The molecule has 0 bridgehead atoms. The summed E-state index contributed by atoms with van der Waals surface area (Å²) in [6.07, 6.45) is 4.54. The predicted octanol–water partition coefficient (Wildman–Crippen LogP) is 3.67. The number of nitrogens with one attached hydrogen (secondary N) is 2. The lowest BCUT2D eigenvalue weighted by atomic mass is 10.0. The topological polar surface area (TPSA) is 54.0 Å². The molecule has 2 N–H and O–H groups in total. The Hall–Kier alpha value is -1.58. The SMILES string of the molecule is CCC(C)Nc1ccc(NC(=O)C(CC)CC)nc1. The highest BCUT2D eigenvalue weighted by molar-refractivity contribution is 5.91. The Morgan fingerprint density at radius 3 is 2.37 bits per heavy atom. The van der Waals surface area contributed by atoms with E-state index in [4.69, 9.17) is 0 Å². The van der Waals surface area contributed by atoms with Gasteiger partial charge in [0.15, 0.2) is 0 Å². The summed E-state index contributed by atoms with van der Waals surface area (Å²) in [5, 5.41) is 6.20. The first-order chi connectivity index (χ1) is 9.10. The number of pyridine rings is 1. The molecule has 19 heavy (non-hydrogen) atoms. The summed E-state index contributed by atoms with van der Waals surface area (Å²) in [5.41, 5.74) is 0.981. The highest BCUT2D eigenvalue weighted by atomic mass is 16.1. The zero-order valence-corrected chi connectivity index (χ0v) is 12.4. The number of amides is 1. The second-order valence-electron chi connectivity index (χ2n) is 4.89. The van der Waals surface area contributed by atoms with E-state index >= 15 is 0 Å². The Morgan fingerprint density at radius 2 is 1.89 bits per heavy atom. The third kappa shape index (κ3) is 4.89. The van der Waals surface area contributed by atoms with Gasteiger partial charge < -0.3 is 10.6 Å². The van der Waals surface area contributed by atoms with Crippen LogP contribution in [0, 0.1) is 5.92 Å². The van der Waals surface area contributed by atoms with Crippen LogP contribution in [0.25, 0.3) is 0 Å². The van der Waals surface area contributed by atoms with Gasteiger partial charge in [-0.2, -0.15) is 0 Å². The Balaban J connectivity index is 2.59. The van der Waals surface area contributed by atoms with Crippen LogP contribution in [0.4, 0.5) is 11.5 Å². The lowest BCUT2D eigenvalue weighted by molar-refractivity contribution is -0.120. The quantitative estimate of drug-likeness (QED) is 0.789. The van der Waals surface area contributed by atoms with E-state index in [-0.39, 0.29) is 11.8 Å². The summed E-state index contributed by atoms with van der Waals surface area (Å²) >= 11 is 0. The maximum absolute atomic E-state index is 11.9. The minimum atomic E-state index is 0.0557. The van der Waals surface area contributed by atoms with Gasteiger partial charge in [-0.05, 0) is 38.3 Å². The molecule has 1 unspecified atom stereocenters. The first-order valence-corrected chi connectivity index (χ1v) is 7.14. The molecule has 1 amide bonds. The summed E-state index contributed by atoms with van der Waals surface area (Å²) < 4.78 is 0. The van der Waals surface area contributed by atoms with Crippen molar-refractivity contribution in [1.82, 2.24) is 4.98 Å². The molecule has 0 aliphatic carbocycles. The number of hydrogen-bond acceptors (Lipinski definition) is 3. The van der Waals surface area contributed by atoms with Crippen LogP contribution < -0.4 is 10.6 Å². The van der Waals surface area contributed by atoms with Crippen LogP contribution in [-0.2, 0) is 4.79 Å². The first-order valence-electron chi connectivity index (χ1n) is 7.14. The first kappa shape index (κ1) is 15.5. The Labute approximate surface area is 116 Å². The van der Waals surface area contributed by atoms with Crippen LogP contribution in [0.1, 0.15) is 47.0 Å². The highest BCUT2D eigenvalue weighted by Gasteiger charge is 2.14. The molecule has 4 nitrogen and oxygen atoms in total. The van der Waals surface area contributed by atoms with Gasteiger partial charge in [0.05, 0.1) is 11.9 Å². The Bertz CT molecular complexity index is 385. The average molecular weight is 263 g/mol. The van der Waals surface area contributed by atoms with Crippen molar-refractivity contribution in [2.24, 2.45) is 5.92 Å². The summed E-state index contributed by atoms with van der Waals surface area (Å²) in [6, 6.07) is 4.21. The van der Waals surface area contributed by atoms with E-state index in [1.165, 1.54) is 0 Å². The van der Waals surface area contributed by atoms with E-state index in [9.17, 15) is 4.79 Å². The molecule has 0 aromatic carbocycles. The van der Waals surface area contributed by atoms with E-state index in [1.54, 1.807) is 6.20 Å². The van der Waals surface area contributed by atoms with Gasteiger partial charge in [0.2, 0.25) is 5.91 Å². The molecule has 4 heteroatoms. The molecule has 1 heterocycles. The van der Waals surface area contributed by atoms with Crippen molar-refractivity contribution in [3.63, 3.8) is 0 Å². The molecule has 1 rings (SSSR count). The van der Waals surface area contributed by atoms with Crippen LogP contribution >= 0.6 is 0 Å². The van der Waals surface area contributed by atoms with Crippen LogP contribution in [0.3, 0.4) is 0 Å². The number of carbonyl (C=O) groups excluding carboxylic acids is 1. The molecule has 0 radical (unpaired) electrons. The molecule has 106 valence electrons. The van der Waals surface area contributed by atoms with Crippen LogP contribution in [0.5, 0.6) is 0 Å². The van der Waals surface area contributed by atoms with Crippen molar-refractivity contribution in [3.8, 4) is 0 Å². The summed E-state index contributed by atoms with van der Waals surface area (Å²) in [6.45, 7) is 8.32. The predicted molar refractivity (Wildman–Crippen MR) is 80.3 cm³/mol. The number of carbonyl (C=O) groups is 1. The summed E-state index contributed by atoms with van der Waals surface area (Å²) in [5.74, 6) is 0.742. The minimum absolute atomic E-state index is 0.0557. The fourth-order valence-corrected chi connectivity index (χ4v) is 1.83. The lowest BCUT2D eigenvalue weighted by Crippen LogP contribution is -2.22. The van der Waals surface area contributed by atoms with Crippen molar-refractivity contribution in [3.05, 3.63) is 18.3 Å². The molecule has 0 aliphatic heterocycles. The zero-order chi connectivity index (χ0) is 14.3. The third-order valence-corrected chi connectivity index (χ3v) is 3.40. The van der Waals surface area contributed by atoms with Gasteiger partial charge in [0.25, 0.3) is 0 Å². The molecule has 0 aliphatic rings. The maximum atomic E-state index is 11.9. The van der Waals surface area contributed by atoms with Gasteiger partial charge in [-0.3, -0.25) is 4.79 Å². The van der Waals surface area contributed by atoms with Gasteiger partial charge in [-0.25, -0.2) is 4.98 Å². The van der Waals surface area contributed by atoms with Gasteiger partial charge in [-0.1, -0.05) is 20.8 Å². The number of hydrogen-bond donors (Lipinski definition) is 2. The molecular weight excluding hydrogens is 238 g/mol. The number of nitrogens with zero attached hydrogens (tertiary/aromatic N) is 1. The van der Waals surface area contributed by atoms with Crippen molar-refractivity contribution in [1.29, 1.82) is 0 Å². The van der Waals surface area contributed by atoms with Crippen LogP contribution in [-0.4, -0.2) is 16.9 Å². The molecular formula is C15H25N3O. The Morgan fingerprint density at radius 1 is 1.21 bits per heavy atom. The van der Waals surface area contributed by atoms with Gasteiger partial charge >= 0.3 is 0 Å². The van der Waals surface area contributed by atoms with E-state index in [0.29, 0.717) is 11.9 Å².